The maximum Gasteiger partial charge on any atom is 0.345 e. The summed E-state index contributed by atoms with van der Waals surface area (Å²) in [6.45, 7) is -3.61. The van der Waals surface area contributed by atoms with Crippen molar-refractivity contribution in [2.45, 2.75) is 31.7 Å². The molecule has 0 saturated carbocycles. The van der Waals surface area contributed by atoms with Crippen LogP contribution in [0.15, 0.2) is 71.6 Å². The third kappa shape index (κ3) is 6.43. The molecule has 1 aromatic carbocycles. The van der Waals surface area contributed by atoms with Crippen LogP contribution in [-0.2, 0) is 20.9 Å². The van der Waals surface area contributed by atoms with Gasteiger partial charge < -0.3 is 34.4 Å². The van der Waals surface area contributed by atoms with E-state index in [2.05, 4.69) is 25.3 Å². The minimum Gasteiger partial charge on any atom is -0.434 e. The van der Waals surface area contributed by atoms with Gasteiger partial charge in [-0.2, -0.15) is 8.78 Å². The van der Waals surface area contributed by atoms with E-state index in [-0.39, 0.29) is 31.0 Å². The largest absolute Gasteiger partial charge is 0.434 e. The Morgan fingerprint density at radius 3 is 2.80 bits per heavy atom. The summed E-state index contributed by atoms with van der Waals surface area (Å²) in [4.78, 5) is 47.1. The van der Waals surface area contributed by atoms with Gasteiger partial charge in [0.15, 0.2) is 0 Å². The molecule has 2 atom stereocenters. The second-order valence-electron chi connectivity index (χ2n) is 9.04. The molecule has 0 bridgehead atoms. The van der Waals surface area contributed by atoms with E-state index >= 15 is 0 Å². The fourth-order valence-electron chi connectivity index (χ4n) is 4.49. The van der Waals surface area contributed by atoms with Gasteiger partial charge in [0.2, 0.25) is 11.8 Å². The van der Waals surface area contributed by atoms with E-state index in [1.165, 1.54) is 18.4 Å². The van der Waals surface area contributed by atoms with Gasteiger partial charge in [-0.15, -0.1) is 0 Å². The fraction of sp³-hybridized carbons (Fsp3) is 0.259. The molecule has 1 aliphatic heterocycles. The first-order valence-electron chi connectivity index (χ1n) is 12.4. The maximum absolute atomic E-state index is 13.0. The summed E-state index contributed by atoms with van der Waals surface area (Å²) < 4.78 is 41.0. The van der Waals surface area contributed by atoms with Gasteiger partial charge in [-0.25, -0.2) is 0 Å². The van der Waals surface area contributed by atoms with Crippen molar-refractivity contribution in [3.63, 3.8) is 0 Å². The second-order valence-corrected chi connectivity index (χ2v) is 9.04. The zero-order chi connectivity index (χ0) is 28.1. The minimum atomic E-state index is -3.06. The Kier molecular flexibility index (Phi) is 8.01. The monoisotopic (exact) mass is 553 g/mol. The summed E-state index contributed by atoms with van der Waals surface area (Å²) >= 11 is 0. The number of rotatable bonds is 10. The Bertz CT molecular complexity index is 1460. The standard InChI is InChI=1S/C27H25F2N5O6/c28-27(29)40-20-11-22(26(37)31-13-18-9-17-12-30-7-6-21(17)33-18)34(15-20)23(35)14-32-25(36)16-3-1-4-19(10-16)39-24-5-2-8-38-24/h1-10,12,20,22,27,33H,11,13-15H2,(H,31,37)(H,32,36)/t20-,22+/m1/s1. The average Bonchev–Trinajstić information content (AvgIpc) is 3.70. The van der Waals surface area contributed by atoms with Gasteiger partial charge in [-0.3, -0.25) is 19.4 Å². The van der Waals surface area contributed by atoms with Crippen molar-refractivity contribution in [3.8, 4) is 11.7 Å². The van der Waals surface area contributed by atoms with Gasteiger partial charge in [0.05, 0.1) is 25.5 Å². The summed E-state index contributed by atoms with van der Waals surface area (Å²) in [7, 11) is 0. The molecule has 0 unspecified atom stereocenters. The second kappa shape index (κ2) is 11.9. The highest BCUT2D eigenvalue weighted by Gasteiger charge is 2.41. The number of pyridine rings is 1. The lowest BCUT2D eigenvalue weighted by Crippen LogP contribution is -2.49. The number of carbonyl (C=O) groups is 3. The van der Waals surface area contributed by atoms with Crippen molar-refractivity contribution in [1.29, 1.82) is 0 Å². The first kappa shape index (κ1) is 26.8. The van der Waals surface area contributed by atoms with Gasteiger partial charge in [0.1, 0.15) is 11.8 Å². The molecule has 4 heterocycles. The highest BCUT2D eigenvalue weighted by Crippen LogP contribution is 2.24. The molecule has 0 radical (unpaired) electrons. The van der Waals surface area contributed by atoms with Gasteiger partial charge in [0.25, 0.3) is 11.9 Å². The molecule has 3 amide bonds. The van der Waals surface area contributed by atoms with Crippen molar-refractivity contribution in [3.05, 3.63) is 78.4 Å². The topological polar surface area (TPSA) is 139 Å². The number of aromatic amines is 1. The van der Waals surface area contributed by atoms with Crippen LogP contribution in [0, 0.1) is 0 Å². The van der Waals surface area contributed by atoms with E-state index in [4.69, 9.17) is 9.15 Å². The zero-order valence-electron chi connectivity index (χ0n) is 21.0. The van der Waals surface area contributed by atoms with Crippen molar-refractivity contribution in [1.82, 2.24) is 25.5 Å². The zero-order valence-corrected chi connectivity index (χ0v) is 21.0. The summed E-state index contributed by atoms with van der Waals surface area (Å²) in [5.41, 5.74) is 1.77. The smallest absolute Gasteiger partial charge is 0.345 e. The molecule has 3 aromatic heterocycles. The Hall–Kier alpha value is -4.78. The van der Waals surface area contributed by atoms with Crippen molar-refractivity contribution in [2.24, 2.45) is 0 Å². The molecule has 1 saturated heterocycles. The van der Waals surface area contributed by atoms with Crippen LogP contribution in [-0.4, -0.2) is 64.4 Å². The molecule has 40 heavy (non-hydrogen) atoms. The number of ether oxygens (including phenoxy) is 2. The SMILES string of the molecule is O=C(NCC(=O)N1C[C@H](OC(F)F)C[C@H]1C(=O)NCc1cc2cnccc2[nH]1)c1cccc(Oc2ccco2)c1. The van der Waals surface area contributed by atoms with Crippen LogP contribution in [0.1, 0.15) is 22.5 Å². The molecular weight excluding hydrogens is 528 g/mol. The van der Waals surface area contributed by atoms with Crippen molar-refractivity contribution >= 4 is 28.6 Å². The van der Waals surface area contributed by atoms with E-state index in [1.54, 1.807) is 42.7 Å². The number of H-pyrrole nitrogens is 1. The van der Waals surface area contributed by atoms with Crippen LogP contribution in [0.4, 0.5) is 8.78 Å². The van der Waals surface area contributed by atoms with E-state index in [1.807, 2.05) is 6.07 Å². The van der Waals surface area contributed by atoms with E-state index < -0.39 is 43.0 Å². The van der Waals surface area contributed by atoms with Crippen LogP contribution in [0.2, 0.25) is 0 Å². The number of halogens is 2. The molecular formula is C27H25F2N5O6. The van der Waals surface area contributed by atoms with Gasteiger partial charge in [0, 0.05) is 53.6 Å². The maximum atomic E-state index is 13.0. The lowest BCUT2D eigenvalue weighted by atomic mass is 10.1. The minimum absolute atomic E-state index is 0.112. The lowest BCUT2D eigenvalue weighted by Gasteiger charge is -2.24. The first-order valence-corrected chi connectivity index (χ1v) is 12.4. The van der Waals surface area contributed by atoms with Crippen LogP contribution in [0.25, 0.3) is 10.9 Å². The van der Waals surface area contributed by atoms with Crippen LogP contribution >= 0.6 is 0 Å². The quantitative estimate of drug-likeness (QED) is 0.274. The molecule has 11 nitrogen and oxygen atoms in total. The Balaban J connectivity index is 1.20. The van der Waals surface area contributed by atoms with Gasteiger partial charge in [-0.05, 0) is 36.4 Å². The molecule has 1 fully saturated rings. The molecule has 1 aliphatic rings. The Morgan fingerprint density at radius 1 is 1.15 bits per heavy atom. The Labute approximate surface area is 226 Å². The number of amides is 3. The molecule has 0 spiro atoms. The van der Waals surface area contributed by atoms with Gasteiger partial charge >= 0.3 is 6.61 Å². The molecule has 5 rings (SSSR count). The van der Waals surface area contributed by atoms with Crippen LogP contribution in [0.3, 0.4) is 0 Å². The van der Waals surface area contributed by atoms with Gasteiger partial charge in [-0.1, -0.05) is 6.07 Å². The predicted octanol–water partition coefficient (Wildman–Crippen LogP) is 3.20. The highest BCUT2D eigenvalue weighted by molar-refractivity contribution is 5.97. The summed E-state index contributed by atoms with van der Waals surface area (Å²) in [5.74, 6) is -1.11. The summed E-state index contributed by atoms with van der Waals surface area (Å²) in [6.07, 6.45) is 3.61. The van der Waals surface area contributed by atoms with Crippen molar-refractivity contribution in [2.75, 3.05) is 13.1 Å². The Morgan fingerprint density at radius 2 is 2.02 bits per heavy atom. The molecule has 13 heteroatoms. The number of hydrogen-bond acceptors (Lipinski definition) is 7. The lowest BCUT2D eigenvalue weighted by molar-refractivity contribution is -0.160. The number of likely N-dealkylation sites (tertiary alicyclic amines) is 1. The summed E-state index contributed by atoms with van der Waals surface area (Å²) in [5, 5.41) is 6.11. The molecule has 4 aromatic rings. The number of hydrogen-bond donors (Lipinski definition) is 3. The number of benzene rings is 1. The normalized spacial score (nSPS) is 16.8. The van der Waals surface area contributed by atoms with E-state index in [9.17, 15) is 23.2 Å². The highest BCUT2D eigenvalue weighted by atomic mass is 19.3. The number of alkyl halides is 2. The number of carbonyl (C=O) groups excluding carboxylic acids is 3. The number of furan rings is 1. The van der Waals surface area contributed by atoms with E-state index in [0.717, 1.165) is 15.8 Å². The number of aromatic nitrogens is 2. The number of nitrogens with zero attached hydrogens (tertiary/aromatic N) is 2. The summed E-state index contributed by atoms with van der Waals surface area (Å²) in [6, 6.07) is 12.1. The fourth-order valence-corrected chi connectivity index (χ4v) is 4.49. The molecule has 3 N–H and O–H groups in total. The molecule has 208 valence electrons. The van der Waals surface area contributed by atoms with Crippen LogP contribution < -0.4 is 15.4 Å². The number of nitrogens with one attached hydrogen (secondary N) is 3. The van der Waals surface area contributed by atoms with Crippen molar-refractivity contribution < 1.29 is 37.1 Å². The predicted molar refractivity (Wildman–Crippen MR) is 136 cm³/mol. The third-order valence-electron chi connectivity index (χ3n) is 6.32. The van der Waals surface area contributed by atoms with E-state index in [0.29, 0.717) is 11.4 Å². The first-order chi connectivity index (χ1) is 19.4. The number of fused-ring (bicyclic) bond motifs is 1. The third-order valence-corrected chi connectivity index (χ3v) is 6.32. The molecule has 0 aliphatic carbocycles. The average molecular weight is 554 g/mol. The van der Waals surface area contributed by atoms with Crippen LogP contribution in [0.5, 0.6) is 11.7 Å².